The summed E-state index contributed by atoms with van der Waals surface area (Å²) in [6, 6.07) is 20.2. The van der Waals surface area contributed by atoms with Crippen LogP contribution in [0.4, 0.5) is 0 Å². The van der Waals surface area contributed by atoms with E-state index in [1.54, 1.807) is 6.08 Å². The Hall–Kier alpha value is -2.59. The highest BCUT2D eigenvalue weighted by molar-refractivity contribution is 5.82. The van der Waals surface area contributed by atoms with Gasteiger partial charge in [-0.15, -0.1) is 0 Å². The van der Waals surface area contributed by atoms with Crippen LogP contribution in [0, 0.1) is 0 Å². The number of carbonyl (C=O) groups is 1. The van der Waals surface area contributed by atoms with Crippen molar-refractivity contribution in [3.63, 3.8) is 0 Å². The number of rotatable bonds is 4. The fraction of sp³-hybridized carbons (Fsp3) is 0.250. The maximum Gasteiger partial charge on any atom is 0.332 e. The molecule has 1 saturated heterocycles. The molecule has 0 bridgehead atoms. The maximum atomic E-state index is 12.1. The van der Waals surface area contributed by atoms with Gasteiger partial charge in [-0.2, -0.15) is 0 Å². The lowest BCUT2D eigenvalue weighted by molar-refractivity contribution is -0.139. The van der Waals surface area contributed by atoms with Crippen molar-refractivity contribution in [3.05, 3.63) is 83.6 Å². The number of ether oxygens (including phenoxy) is 1. The largest absolute Gasteiger partial charge is 0.458 e. The van der Waals surface area contributed by atoms with Crippen LogP contribution in [0.25, 0.3) is 0 Å². The molecule has 0 radical (unpaired) electrons. The lowest BCUT2D eigenvalue weighted by Gasteiger charge is -2.16. The zero-order valence-electron chi connectivity index (χ0n) is 13.6. The van der Waals surface area contributed by atoms with Gasteiger partial charge in [0.25, 0.3) is 0 Å². The second-order valence-electron chi connectivity index (χ2n) is 5.81. The third-order valence-electron chi connectivity index (χ3n) is 4.01. The van der Waals surface area contributed by atoms with E-state index in [2.05, 4.69) is 22.8 Å². The molecule has 2 N–H and O–H groups in total. The average molecular weight is 322 g/mol. The molecule has 0 spiro atoms. The minimum Gasteiger partial charge on any atom is -0.458 e. The Labute approximate surface area is 142 Å². The number of benzene rings is 2. The molecule has 3 rings (SSSR count). The Morgan fingerprint density at radius 2 is 1.75 bits per heavy atom. The Morgan fingerprint density at radius 3 is 2.50 bits per heavy atom. The topological polar surface area (TPSA) is 50.4 Å². The van der Waals surface area contributed by atoms with Crippen LogP contribution in [0.15, 0.2) is 72.4 Å². The molecule has 1 heterocycles. The molecule has 1 fully saturated rings. The van der Waals surface area contributed by atoms with E-state index in [0.29, 0.717) is 6.61 Å². The predicted octanol–water partition coefficient (Wildman–Crippen LogP) is 2.94. The summed E-state index contributed by atoms with van der Waals surface area (Å²) in [7, 11) is 0. The van der Waals surface area contributed by atoms with Crippen LogP contribution in [0.5, 0.6) is 0 Å². The van der Waals surface area contributed by atoms with Gasteiger partial charge in [-0.1, -0.05) is 60.7 Å². The molecule has 1 aliphatic rings. The van der Waals surface area contributed by atoms with Crippen LogP contribution in [0.3, 0.4) is 0 Å². The molecule has 0 amide bonds. The molecule has 0 aliphatic carbocycles. The molecular weight excluding hydrogens is 300 g/mol. The number of carbonyl (C=O) groups excluding carboxylic acids is 1. The summed E-state index contributed by atoms with van der Waals surface area (Å²) in [5.74, 6) is -0.310. The van der Waals surface area contributed by atoms with Gasteiger partial charge in [0.2, 0.25) is 0 Å². The lowest BCUT2D eigenvalue weighted by Crippen LogP contribution is -2.23. The molecule has 4 nitrogen and oxygen atoms in total. The Bertz CT molecular complexity index is 683. The molecule has 24 heavy (non-hydrogen) atoms. The summed E-state index contributed by atoms with van der Waals surface area (Å²) in [6.45, 7) is 1.95. The summed E-state index contributed by atoms with van der Waals surface area (Å²) in [5.41, 5.74) is 3.12. The zero-order chi connectivity index (χ0) is 16.6. The first-order chi connectivity index (χ1) is 11.8. The van der Waals surface area contributed by atoms with Crippen LogP contribution < -0.4 is 10.6 Å². The summed E-state index contributed by atoms with van der Waals surface area (Å²) >= 11 is 0. The highest BCUT2D eigenvalue weighted by atomic mass is 16.5. The smallest absolute Gasteiger partial charge is 0.332 e. The van der Waals surface area contributed by atoms with Gasteiger partial charge in [-0.25, -0.2) is 4.79 Å². The van der Waals surface area contributed by atoms with Crippen molar-refractivity contribution in [3.8, 4) is 0 Å². The van der Waals surface area contributed by atoms with Crippen molar-refractivity contribution < 1.29 is 9.53 Å². The number of hydrogen-bond donors (Lipinski definition) is 2. The van der Waals surface area contributed by atoms with Crippen LogP contribution in [-0.4, -0.2) is 19.1 Å². The van der Waals surface area contributed by atoms with E-state index < -0.39 is 0 Å². The summed E-state index contributed by atoms with van der Waals surface area (Å²) in [4.78, 5) is 12.1. The van der Waals surface area contributed by atoms with Crippen molar-refractivity contribution in [2.75, 3.05) is 13.1 Å². The Morgan fingerprint density at radius 1 is 1.04 bits per heavy atom. The van der Waals surface area contributed by atoms with Crippen molar-refractivity contribution in [2.24, 2.45) is 0 Å². The fourth-order valence-corrected chi connectivity index (χ4v) is 2.78. The monoisotopic (exact) mass is 322 g/mol. The number of esters is 1. The fourth-order valence-electron chi connectivity index (χ4n) is 2.78. The molecule has 4 heteroatoms. The van der Waals surface area contributed by atoms with Gasteiger partial charge >= 0.3 is 5.97 Å². The highest BCUT2D eigenvalue weighted by Crippen LogP contribution is 2.21. The molecule has 0 saturated carbocycles. The van der Waals surface area contributed by atoms with Crippen molar-refractivity contribution >= 4 is 5.97 Å². The van der Waals surface area contributed by atoms with E-state index in [0.717, 1.165) is 30.8 Å². The van der Waals surface area contributed by atoms with Gasteiger partial charge < -0.3 is 15.4 Å². The van der Waals surface area contributed by atoms with Crippen molar-refractivity contribution in [1.29, 1.82) is 0 Å². The summed E-state index contributed by atoms with van der Waals surface area (Å²) in [6.07, 6.45) is 2.32. The number of nitrogens with one attached hydrogen (secondary N) is 2. The third-order valence-corrected chi connectivity index (χ3v) is 4.01. The average Bonchev–Trinajstić information content (AvgIpc) is 2.87. The van der Waals surface area contributed by atoms with E-state index in [1.807, 2.05) is 48.5 Å². The quantitative estimate of drug-likeness (QED) is 0.671. The second kappa shape index (κ2) is 8.31. The molecule has 1 atom stereocenters. The van der Waals surface area contributed by atoms with Gasteiger partial charge in [0, 0.05) is 37.3 Å². The highest BCUT2D eigenvalue weighted by Gasteiger charge is 2.17. The first kappa shape index (κ1) is 16.3. The van der Waals surface area contributed by atoms with Gasteiger partial charge in [-0.3, -0.25) is 0 Å². The molecule has 2 aromatic rings. The normalized spacial score (nSPS) is 19.3. The van der Waals surface area contributed by atoms with Gasteiger partial charge in [0.1, 0.15) is 6.61 Å². The Kier molecular flexibility index (Phi) is 5.64. The number of hydrogen-bond acceptors (Lipinski definition) is 4. The van der Waals surface area contributed by atoms with E-state index in [4.69, 9.17) is 4.74 Å². The molecule has 1 unspecified atom stereocenters. The van der Waals surface area contributed by atoms with E-state index in [1.165, 1.54) is 5.56 Å². The first-order valence-corrected chi connectivity index (χ1v) is 8.25. The SMILES string of the molecule is O=C(/C=C1/CC(c2ccccc2)NCCN1)OCc1ccccc1. The maximum absolute atomic E-state index is 12.1. The van der Waals surface area contributed by atoms with Crippen LogP contribution >= 0.6 is 0 Å². The van der Waals surface area contributed by atoms with Crippen molar-refractivity contribution in [2.45, 2.75) is 19.1 Å². The molecule has 2 aromatic carbocycles. The minimum absolute atomic E-state index is 0.203. The van der Waals surface area contributed by atoms with Crippen LogP contribution in [0.2, 0.25) is 0 Å². The second-order valence-corrected chi connectivity index (χ2v) is 5.81. The van der Waals surface area contributed by atoms with Gasteiger partial charge in [0.15, 0.2) is 0 Å². The predicted molar refractivity (Wildman–Crippen MR) is 94.1 cm³/mol. The standard InChI is InChI=1S/C20H22N2O2/c23-20(24-15-16-7-3-1-4-8-16)14-18-13-19(22-12-11-21-18)17-9-5-2-6-10-17/h1-10,14,19,21-22H,11-13,15H2/b18-14-. The zero-order valence-corrected chi connectivity index (χ0v) is 13.6. The molecular formula is C20H22N2O2. The molecule has 0 aromatic heterocycles. The molecule has 1 aliphatic heterocycles. The van der Waals surface area contributed by atoms with E-state index in [-0.39, 0.29) is 12.0 Å². The Balaban J connectivity index is 1.61. The first-order valence-electron chi connectivity index (χ1n) is 8.25. The van der Waals surface area contributed by atoms with E-state index in [9.17, 15) is 4.79 Å². The van der Waals surface area contributed by atoms with Crippen LogP contribution in [0.1, 0.15) is 23.6 Å². The minimum atomic E-state index is -0.310. The van der Waals surface area contributed by atoms with Crippen LogP contribution in [-0.2, 0) is 16.1 Å². The third kappa shape index (κ3) is 4.70. The summed E-state index contributed by atoms with van der Waals surface area (Å²) in [5, 5.41) is 6.81. The van der Waals surface area contributed by atoms with Crippen molar-refractivity contribution in [1.82, 2.24) is 10.6 Å². The summed E-state index contributed by atoms with van der Waals surface area (Å²) < 4.78 is 5.34. The lowest BCUT2D eigenvalue weighted by atomic mass is 10.0. The molecule has 124 valence electrons. The van der Waals surface area contributed by atoms with E-state index >= 15 is 0 Å². The van der Waals surface area contributed by atoms with Gasteiger partial charge in [-0.05, 0) is 11.1 Å². The van der Waals surface area contributed by atoms with Gasteiger partial charge in [0.05, 0.1) is 0 Å².